The molecular formula is C3H5ClO2Ti. The van der Waals surface area contributed by atoms with Crippen LogP contribution in [-0.4, -0.2) is 11.1 Å². The fourth-order valence-electron chi connectivity index (χ4n) is 0. The second-order valence-electron chi connectivity index (χ2n) is 0.542. The Morgan fingerprint density at radius 2 is 1.86 bits per heavy atom. The molecule has 0 saturated carbocycles. The van der Waals surface area contributed by atoms with Crippen molar-refractivity contribution in [2.75, 3.05) is 0 Å². The van der Waals surface area contributed by atoms with Crippen LogP contribution in [-0.2, 0) is 26.5 Å². The van der Waals surface area contributed by atoms with Gasteiger partial charge >= 0.3 is 5.97 Å². The third kappa shape index (κ3) is 22.5. The van der Waals surface area contributed by atoms with Crippen molar-refractivity contribution in [3.63, 3.8) is 0 Å². The Bertz CT molecular complexity index is 64.0. The van der Waals surface area contributed by atoms with Crippen molar-refractivity contribution in [3.8, 4) is 0 Å². The van der Waals surface area contributed by atoms with Crippen molar-refractivity contribution in [2.24, 2.45) is 0 Å². The number of carboxylic acid groups (broad SMARTS) is 1. The first kappa shape index (κ1) is 15.7. The van der Waals surface area contributed by atoms with E-state index in [9.17, 15) is 4.79 Å². The van der Waals surface area contributed by atoms with Crippen LogP contribution in [0.5, 0.6) is 0 Å². The molecule has 0 rings (SSSR count). The average Bonchev–Trinajstić information content (AvgIpc) is 1.38. The Hall–Kier alpha value is 0.214. The van der Waals surface area contributed by atoms with E-state index in [0.29, 0.717) is 0 Å². The molecule has 0 heterocycles. The number of halogens is 1. The van der Waals surface area contributed by atoms with Gasteiger partial charge in [0.1, 0.15) is 0 Å². The van der Waals surface area contributed by atoms with Gasteiger partial charge in [-0.15, -0.1) is 12.4 Å². The van der Waals surface area contributed by atoms with E-state index >= 15 is 0 Å². The molecule has 40 valence electrons. The molecule has 0 aliphatic rings. The summed E-state index contributed by atoms with van der Waals surface area (Å²) < 4.78 is 0. The molecule has 0 spiro atoms. The standard InChI is InChI=1S/C3H4O2.ClH.Ti/c1-2-3(4)5;;/h2H,1H2,(H,4,5);1H;. The van der Waals surface area contributed by atoms with Gasteiger partial charge in [-0.2, -0.15) is 0 Å². The summed E-state index contributed by atoms with van der Waals surface area (Å²) in [7, 11) is 0. The Morgan fingerprint density at radius 3 is 1.86 bits per heavy atom. The molecule has 0 unspecified atom stereocenters. The monoisotopic (exact) mass is 156 g/mol. The van der Waals surface area contributed by atoms with E-state index < -0.39 is 5.97 Å². The normalized spacial score (nSPS) is 4.57. The second-order valence-corrected chi connectivity index (χ2v) is 0.542. The molecule has 7 heavy (non-hydrogen) atoms. The van der Waals surface area contributed by atoms with E-state index in [1.807, 2.05) is 0 Å². The van der Waals surface area contributed by atoms with Crippen LogP contribution in [0, 0.1) is 0 Å². The molecule has 0 aromatic carbocycles. The largest absolute Gasteiger partial charge is 0.478 e. The van der Waals surface area contributed by atoms with Crippen molar-refractivity contribution in [3.05, 3.63) is 12.7 Å². The van der Waals surface area contributed by atoms with Gasteiger partial charge < -0.3 is 5.11 Å². The molecule has 0 atom stereocenters. The molecule has 0 aromatic rings. The summed E-state index contributed by atoms with van der Waals surface area (Å²) in [6.45, 7) is 2.96. The van der Waals surface area contributed by atoms with E-state index in [2.05, 4.69) is 6.58 Å². The molecule has 0 aliphatic heterocycles. The molecule has 0 aromatic heterocycles. The average molecular weight is 156 g/mol. The number of aliphatic carboxylic acids is 1. The number of carbonyl (C=O) groups is 1. The van der Waals surface area contributed by atoms with E-state index in [0.717, 1.165) is 6.08 Å². The Labute approximate surface area is 62.9 Å². The van der Waals surface area contributed by atoms with Crippen LogP contribution in [0.25, 0.3) is 0 Å². The molecule has 0 fully saturated rings. The van der Waals surface area contributed by atoms with Crippen LogP contribution >= 0.6 is 12.4 Å². The molecule has 0 aliphatic carbocycles. The van der Waals surface area contributed by atoms with Gasteiger partial charge in [-0.05, 0) is 0 Å². The van der Waals surface area contributed by atoms with Crippen LogP contribution in [0.3, 0.4) is 0 Å². The van der Waals surface area contributed by atoms with Crippen molar-refractivity contribution in [2.45, 2.75) is 0 Å². The molecule has 0 saturated heterocycles. The van der Waals surface area contributed by atoms with Gasteiger partial charge in [0.25, 0.3) is 0 Å². The number of rotatable bonds is 1. The van der Waals surface area contributed by atoms with Crippen molar-refractivity contribution >= 4 is 18.4 Å². The molecule has 0 bridgehead atoms. The first-order valence-corrected chi connectivity index (χ1v) is 1.12. The predicted octanol–water partition coefficient (Wildman–Crippen LogP) is 0.676. The van der Waals surface area contributed by atoms with E-state index in [4.69, 9.17) is 5.11 Å². The topological polar surface area (TPSA) is 37.3 Å². The summed E-state index contributed by atoms with van der Waals surface area (Å²) in [6, 6.07) is 0. The smallest absolute Gasteiger partial charge is 0.327 e. The van der Waals surface area contributed by atoms with Crippen LogP contribution in [0.4, 0.5) is 0 Å². The summed E-state index contributed by atoms with van der Waals surface area (Å²) in [4.78, 5) is 9.25. The Kier molecular flexibility index (Phi) is 21.3. The van der Waals surface area contributed by atoms with Crippen LogP contribution in [0.1, 0.15) is 0 Å². The molecule has 1 N–H and O–H groups in total. The summed E-state index contributed by atoms with van der Waals surface area (Å²) in [5.74, 6) is -0.981. The van der Waals surface area contributed by atoms with Gasteiger partial charge in [0.2, 0.25) is 0 Å². The minimum Gasteiger partial charge on any atom is -0.478 e. The first-order valence-electron chi connectivity index (χ1n) is 1.12. The molecular weight excluding hydrogens is 151 g/mol. The Balaban J connectivity index is -0.0000000800. The zero-order valence-electron chi connectivity index (χ0n) is 3.55. The van der Waals surface area contributed by atoms with Gasteiger partial charge in [0, 0.05) is 27.8 Å². The van der Waals surface area contributed by atoms with Gasteiger partial charge in [0.15, 0.2) is 0 Å². The summed E-state index contributed by atoms with van der Waals surface area (Å²) in [5, 5.41) is 7.60. The van der Waals surface area contributed by atoms with Gasteiger partial charge in [-0.1, -0.05) is 6.58 Å². The van der Waals surface area contributed by atoms with Crippen molar-refractivity contribution in [1.29, 1.82) is 0 Å². The molecule has 0 amide bonds. The SMILES string of the molecule is C=CC(=O)O.Cl.[Ti]. The fraction of sp³-hybridized carbons (Fsp3) is 0. The predicted molar refractivity (Wildman–Crippen MR) is 25.1 cm³/mol. The first-order chi connectivity index (χ1) is 2.27. The summed E-state index contributed by atoms with van der Waals surface area (Å²) >= 11 is 0. The third-order valence-electron chi connectivity index (χ3n) is 0.175. The van der Waals surface area contributed by atoms with E-state index in [1.165, 1.54) is 0 Å². The van der Waals surface area contributed by atoms with Crippen molar-refractivity contribution < 1.29 is 31.6 Å². The minimum atomic E-state index is -0.981. The van der Waals surface area contributed by atoms with E-state index in [1.54, 1.807) is 0 Å². The van der Waals surface area contributed by atoms with Crippen LogP contribution < -0.4 is 0 Å². The van der Waals surface area contributed by atoms with Gasteiger partial charge in [-0.25, -0.2) is 4.79 Å². The maximum atomic E-state index is 9.25. The zero-order chi connectivity index (χ0) is 4.28. The van der Waals surface area contributed by atoms with Crippen LogP contribution in [0.15, 0.2) is 12.7 Å². The maximum absolute atomic E-state index is 9.25. The quantitative estimate of drug-likeness (QED) is 0.448. The maximum Gasteiger partial charge on any atom is 0.327 e. The zero-order valence-corrected chi connectivity index (χ0v) is 5.93. The van der Waals surface area contributed by atoms with Crippen LogP contribution in [0.2, 0.25) is 0 Å². The fourth-order valence-corrected chi connectivity index (χ4v) is 0. The van der Waals surface area contributed by atoms with E-state index in [-0.39, 0.29) is 34.1 Å². The van der Waals surface area contributed by atoms with Gasteiger partial charge in [-0.3, -0.25) is 0 Å². The molecule has 2 nitrogen and oxygen atoms in total. The number of hydrogen-bond acceptors (Lipinski definition) is 1. The molecule has 4 heteroatoms. The number of carboxylic acids is 1. The Morgan fingerprint density at radius 1 is 1.71 bits per heavy atom. The van der Waals surface area contributed by atoms with Gasteiger partial charge in [0.05, 0.1) is 0 Å². The second kappa shape index (κ2) is 9.51. The molecule has 0 radical (unpaired) electrons. The van der Waals surface area contributed by atoms with Crippen molar-refractivity contribution in [1.82, 2.24) is 0 Å². The minimum absolute atomic E-state index is 0. The summed E-state index contributed by atoms with van der Waals surface area (Å²) in [6.07, 6.45) is 0.833. The number of hydrogen-bond donors (Lipinski definition) is 1. The summed E-state index contributed by atoms with van der Waals surface area (Å²) in [5.41, 5.74) is 0. The third-order valence-corrected chi connectivity index (χ3v) is 0.175.